The second kappa shape index (κ2) is 5.63. The summed E-state index contributed by atoms with van der Waals surface area (Å²) in [6, 6.07) is 6.05. The van der Waals surface area contributed by atoms with Crippen molar-refractivity contribution in [3.63, 3.8) is 0 Å². The van der Waals surface area contributed by atoms with Crippen molar-refractivity contribution < 1.29 is 4.79 Å². The molecule has 1 aliphatic rings. The monoisotopic (exact) mass is 276 g/mol. The second-order valence-electron chi connectivity index (χ2n) is 4.62. The molecule has 1 unspecified atom stereocenters. The zero-order valence-corrected chi connectivity index (χ0v) is 11.3. The number of H-pyrrole nitrogens is 1. The first kappa shape index (κ1) is 12.5. The summed E-state index contributed by atoms with van der Waals surface area (Å²) in [6.07, 6.45) is 2.27. The van der Waals surface area contributed by atoms with E-state index in [4.69, 9.17) is 0 Å². The van der Waals surface area contributed by atoms with Gasteiger partial charge in [0.15, 0.2) is 0 Å². The third-order valence-corrected chi connectivity index (χ3v) is 4.31. The van der Waals surface area contributed by atoms with Gasteiger partial charge in [0.2, 0.25) is 5.91 Å². The Morgan fingerprint density at radius 3 is 3.32 bits per heavy atom. The molecule has 2 heterocycles. The van der Waals surface area contributed by atoms with Gasteiger partial charge in [-0.15, -0.1) is 0 Å². The predicted molar refractivity (Wildman–Crippen MR) is 78.5 cm³/mol. The van der Waals surface area contributed by atoms with E-state index in [0.29, 0.717) is 6.42 Å². The van der Waals surface area contributed by atoms with Crippen molar-refractivity contribution in [2.45, 2.75) is 12.5 Å². The molecular weight excluding hydrogens is 260 g/mol. The fourth-order valence-electron chi connectivity index (χ4n) is 2.25. The van der Waals surface area contributed by atoms with Crippen LogP contribution in [-0.4, -0.2) is 40.2 Å². The van der Waals surface area contributed by atoms with Gasteiger partial charge in [0.1, 0.15) is 0 Å². The number of thioether (sulfide) groups is 1. The van der Waals surface area contributed by atoms with Crippen LogP contribution in [0.15, 0.2) is 24.4 Å². The molecule has 1 amide bonds. The molecule has 19 heavy (non-hydrogen) atoms. The number of carbonyl (C=O) groups is 1. The molecule has 1 fully saturated rings. The summed E-state index contributed by atoms with van der Waals surface area (Å²) in [5.41, 5.74) is 1.67. The zero-order valence-electron chi connectivity index (χ0n) is 10.5. The Labute approximate surface area is 115 Å². The molecule has 0 spiro atoms. The van der Waals surface area contributed by atoms with Crippen molar-refractivity contribution in [1.29, 1.82) is 0 Å². The molecule has 1 aromatic carbocycles. The molecule has 5 nitrogen and oxygen atoms in total. The minimum atomic E-state index is 0.0436. The summed E-state index contributed by atoms with van der Waals surface area (Å²) in [5.74, 6) is 2.18. The normalized spacial score (nSPS) is 19.5. The van der Waals surface area contributed by atoms with Crippen molar-refractivity contribution in [1.82, 2.24) is 15.5 Å². The van der Waals surface area contributed by atoms with Crippen molar-refractivity contribution in [3.8, 4) is 0 Å². The highest BCUT2D eigenvalue weighted by atomic mass is 32.2. The van der Waals surface area contributed by atoms with Crippen molar-refractivity contribution in [2.24, 2.45) is 0 Å². The van der Waals surface area contributed by atoms with Gasteiger partial charge in [-0.05, 0) is 6.07 Å². The smallest absolute Gasteiger partial charge is 0.226 e. The Hall–Kier alpha value is -1.53. The summed E-state index contributed by atoms with van der Waals surface area (Å²) in [6.45, 7) is 0.985. The number of nitrogens with one attached hydrogen (secondary N) is 3. The molecule has 2 aromatic rings. The number of amides is 1. The van der Waals surface area contributed by atoms with Gasteiger partial charge in [0, 0.05) is 35.9 Å². The van der Waals surface area contributed by atoms with Gasteiger partial charge in [0.25, 0.3) is 0 Å². The Balaban J connectivity index is 1.67. The highest BCUT2D eigenvalue weighted by Crippen LogP contribution is 2.21. The van der Waals surface area contributed by atoms with E-state index in [1.165, 1.54) is 0 Å². The molecule has 3 rings (SSSR count). The summed E-state index contributed by atoms with van der Waals surface area (Å²) >= 11 is 1.90. The average molecular weight is 276 g/mol. The molecule has 3 N–H and O–H groups in total. The van der Waals surface area contributed by atoms with E-state index in [1.807, 2.05) is 30.0 Å². The topological polar surface area (TPSA) is 69.8 Å². The van der Waals surface area contributed by atoms with Crippen LogP contribution in [0.5, 0.6) is 0 Å². The largest absolute Gasteiger partial charge is 0.324 e. The van der Waals surface area contributed by atoms with Crippen LogP contribution in [-0.2, 0) is 4.79 Å². The lowest BCUT2D eigenvalue weighted by molar-refractivity contribution is -0.116. The van der Waals surface area contributed by atoms with Crippen LogP contribution >= 0.6 is 11.8 Å². The number of aromatic amines is 1. The van der Waals surface area contributed by atoms with Crippen molar-refractivity contribution in [3.05, 3.63) is 24.4 Å². The van der Waals surface area contributed by atoms with Gasteiger partial charge in [0.05, 0.1) is 17.4 Å². The highest BCUT2D eigenvalue weighted by Gasteiger charge is 2.17. The summed E-state index contributed by atoms with van der Waals surface area (Å²) in [7, 11) is 0. The maximum absolute atomic E-state index is 12.1. The van der Waals surface area contributed by atoms with Crippen molar-refractivity contribution >= 4 is 34.3 Å². The number of hydrogen-bond donors (Lipinski definition) is 3. The summed E-state index contributed by atoms with van der Waals surface area (Å²) in [5, 5.41) is 14.2. The molecule has 6 heteroatoms. The van der Waals surface area contributed by atoms with E-state index in [0.717, 1.165) is 34.6 Å². The molecule has 0 saturated carbocycles. The quantitative estimate of drug-likeness (QED) is 0.796. The first-order valence-corrected chi connectivity index (χ1v) is 7.51. The van der Waals surface area contributed by atoms with Crippen LogP contribution in [0.25, 0.3) is 10.9 Å². The lowest BCUT2D eigenvalue weighted by atomic mass is 10.2. The predicted octanol–water partition coefficient (Wildman–Crippen LogP) is 1.60. The molecule has 1 aliphatic heterocycles. The Bertz CT molecular complexity index is 577. The standard InChI is InChI=1S/C13H16N4OS/c18-12(6-10-8-19-5-4-14-10)16-11-3-1-2-9-7-15-17-13(9)11/h1-3,7,10,14H,4-6,8H2,(H,15,17)(H,16,18). The third kappa shape index (κ3) is 2.90. The number of benzene rings is 1. The van der Waals surface area contributed by atoms with Crippen LogP contribution in [0.2, 0.25) is 0 Å². The summed E-state index contributed by atoms with van der Waals surface area (Å²) in [4.78, 5) is 12.1. The molecule has 1 saturated heterocycles. The third-order valence-electron chi connectivity index (χ3n) is 3.18. The van der Waals surface area contributed by atoms with Gasteiger partial charge in [-0.3, -0.25) is 9.89 Å². The van der Waals surface area contributed by atoms with Crippen LogP contribution in [0, 0.1) is 0 Å². The number of para-hydroxylation sites is 1. The van der Waals surface area contributed by atoms with Gasteiger partial charge in [-0.25, -0.2) is 0 Å². The highest BCUT2D eigenvalue weighted by molar-refractivity contribution is 7.99. The zero-order chi connectivity index (χ0) is 13.1. The van der Waals surface area contributed by atoms with E-state index in [-0.39, 0.29) is 11.9 Å². The molecule has 0 bridgehead atoms. The van der Waals surface area contributed by atoms with Gasteiger partial charge in [-0.2, -0.15) is 16.9 Å². The van der Waals surface area contributed by atoms with E-state index in [2.05, 4.69) is 20.8 Å². The van der Waals surface area contributed by atoms with Crippen LogP contribution in [0.1, 0.15) is 6.42 Å². The number of anilines is 1. The molecule has 0 radical (unpaired) electrons. The first-order chi connectivity index (χ1) is 9.33. The Morgan fingerprint density at radius 2 is 2.47 bits per heavy atom. The minimum absolute atomic E-state index is 0.0436. The van der Waals surface area contributed by atoms with Crippen LogP contribution in [0.3, 0.4) is 0 Å². The SMILES string of the molecule is O=C(CC1CSCCN1)Nc1cccc2cn[nH]c12. The Morgan fingerprint density at radius 1 is 1.53 bits per heavy atom. The van der Waals surface area contributed by atoms with Gasteiger partial charge < -0.3 is 10.6 Å². The van der Waals surface area contributed by atoms with Crippen molar-refractivity contribution in [2.75, 3.05) is 23.4 Å². The maximum atomic E-state index is 12.1. The molecule has 1 atom stereocenters. The van der Waals surface area contributed by atoms with Crippen LogP contribution in [0.4, 0.5) is 5.69 Å². The Kier molecular flexibility index (Phi) is 3.70. The second-order valence-corrected chi connectivity index (χ2v) is 5.77. The van der Waals surface area contributed by atoms with Gasteiger partial charge >= 0.3 is 0 Å². The number of aromatic nitrogens is 2. The first-order valence-electron chi connectivity index (χ1n) is 6.36. The number of fused-ring (bicyclic) bond motifs is 1. The van der Waals surface area contributed by atoms with E-state index in [1.54, 1.807) is 6.20 Å². The lowest BCUT2D eigenvalue weighted by Crippen LogP contribution is -2.39. The molecular formula is C13H16N4OS. The number of hydrogen-bond acceptors (Lipinski definition) is 4. The average Bonchev–Trinajstić information content (AvgIpc) is 2.89. The number of carbonyl (C=O) groups excluding carboxylic acids is 1. The molecule has 1 aromatic heterocycles. The van der Waals surface area contributed by atoms with E-state index >= 15 is 0 Å². The molecule has 100 valence electrons. The fourth-order valence-corrected chi connectivity index (χ4v) is 3.20. The minimum Gasteiger partial charge on any atom is -0.324 e. The number of nitrogens with zero attached hydrogens (tertiary/aromatic N) is 1. The van der Waals surface area contributed by atoms with Gasteiger partial charge in [-0.1, -0.05) is 12.1 Å². The molecule has 0 aliphatic carbocycles. The van der Waals surface area contributed by atoms with E-state index < -0.39 is 0 Å². The summed E-state index contributed by atoms with van der Waals surface area (Å²) < 4.78 is 0. The number of rotatable bonds is 3. The maximum Gasteiger partial charge on any atom is 0.226 e. The van der Waals surface area contributed by atoms with Crippen LogP contribution < -0.4 is 10.6 Å². The lowest BCUT2D eigenvalue weighted by Gasteiger charge is -2.22. The fraction of sp³-hybridized carbons (Fsp3) is 0.385. The van der Waals surface area contributed by atoms with E-state index in [9.17, 15) is 4.79 Å².